The van der Waals surface area contributed by atoms with Crippen molar-refractivity contribution in [3.05, 3.63) is 51.6 Å². The fraction of sp³-hybridized carbons (Fsp3) is 0.154. The van der Waals surface area contributed by atoms with Crippen molar-refractivity contribution in [1.29, 1.82) is 0 Å². The number of allylic oxidation sites excluding steroid dienone is 1. The predicted octanol–water partition coefficient (Wildman–Crippen LogP) is 1.59. The lowest BCUT2D eigenvalue weighted by Gasteiger charge is -1.98. The van der Waals surface area contributed by atoms with E-state index in [2.05, 4.69) is 43.9 Å². The second-order valence-electron chi connectivity index (χ2n) is 3.40. The van der Waals surface area contributed by atoms with Crippen molar-refractivity contribution in [2.75, 3.05) is 0 Å². The molecule has 0 saturated carbocycles. The standard InChI is InChI=1S/C13H12/c1-10-8-12-6-4-3-5-7-13(12)9-11(10)2/h4-9H,1-2H3. The van der Waals surface area contributed by atoms with E-state index in [0.29, 0.717) is 0 Å². The van der Waals surface area contributed by atoms with Crippen molar-refractivity contribution in [1.82, 2.24) is 0 Å². The van der Waals surface area contributed by atoms with Gasteiger partial charge in [-0.05, 0) is 59.7 Å². The molecule has 0 saturated heterocycles. The summed E-state index contributed by atoms with van der Waals surface area (Å²) < 4.78 is 0. The Bertz CT molecular complexity index is 465. The van der Waals surface area contributed by atoms with Crippen molar-refractivity contribution in [3.63, 3.8) is 0 Å². The van der Waals surface area contributed by atoms with Gasteiger partial charge in [-0.1, -0.05) is 12.1 Å². The zero-order chi connectivity index (χ0) is 9.26. The molecule has 0 spiro atoms. The number of hydrogen-bond donors (Lipinski definition) is 0. The molecule has 0 aliphatic heterocycles. The van der Waals surface area contributed by atoms with Gasteiger partial charge >= 0.3 is 0 Å². The van der Waals surface area contributed by atoms with Gasteiger partial charge in [0.2, 0.25) is 0 Å². The molecule has 0 amide bonds. The summed E-state index contributed by atoms with van der Waals surface area (Å²) in [5.41, 5.74) is 5.76. The third-order valence-corrected chi connectivity index (χ3v) is 2.42. The summed E-state index contributed by atoms with van der Waals surface area (Å²) >= 11 is 0. The number of benzene rings is 1. The molecule has 0 bridgehead atoms. The molecule has 0 nitrogen and oxygen atoms in total. The van der Waals surface area contributed by atoms with E-state index in [9.17, 15) is 0 Å². The summed E-state index contributed by atoms with van der Waals surface area (Å²) in [6, 6.07) is 4.44. The Labute approximate surface area is 78.2 Å². The van der Waals surface area contributed by atoms with Gasteiger partial charge in [0.15, 0.2) is 0 Å². The van der Waals surface area contributed by atoms with Crippen LogP contribution >= 0.6 is 0 Å². The number of fused-ring (bicyclic) bond motifs is 1. The predicted molar refractivity (Wildman–Crippen MR) is 56.7 cm³/mol. The minimum absolute atomic E-state index is 1.28. The van der Waals surface area contributed by atoms with Gasteiger partial charge in [-0.25, -0.2) is 0 Å². The third kappa shape index (κ3) is 1.49. The molecule has 0 N–H and O–H groups in total. The molecule has 0 aromatic heterocycles. The largest absolute Gasteiger partial charge is 0.121 e. The van der Waals surface area contributed by atoms with E-state index in [-0.39, 0.29) is 0 Å². The minimum Gasteiger partial charge on any atom is -0.121 e. The third-order valence-electron chi connectivity index (χ3n) is 2.42. The molecule has 0 fully saturated rings. The van der Waals surface area contributed by atoms with E-state index in [0.717, 1.165) is 0 Å². The van der Waals surface area contributed by atoms with Crippen LogP contribution in [0.3, 0.4) is 0 Å². The molecule has 0 heterocycles. The first-order valence-corrected chi connectivity index (χ1v) is 4.48. The van der Waals surface area contributed by atoms with E-state index in [1.165, 1.54) is 21.6 Å². The molecule has 1 aromatic rings. The van der Waals surface area contributed by atoms with Crippen LogP contribution in [0.5, 0.6) is 0 Å². The van der Waals surface area contributed by atoms with Crippen LogP contribution in [0.15, 0.2) is 30.0 Å². The highest BCUT2D eigenvalue weighted by Crippen LogP contribution is 1.98. The fourth-order valence-electron chi connectivity index (χ4n) is 1.48. The SMILES string of the molecule is Cc1cc2c(cc1C)=CC=C=CC=2. The van der Waals surface area contributed by atoms with Crippen LogP contribution in [0.4, 0.5) is 0 Å². The van der Waals surface area contributed by atoms with Gasteiger partial charge in [-0.2, -0.15) is 0 Å². The Hall–Kier alpha value is -1.52. The Morgan fingerprint density at radius 1 is 0.846 bits per heavy atom. The van der Waals surface area contributed by atoms with E-state index in [4.69, 9.17) is 0 Å². The molecular weight excluding hydrogens is 156 g/mol. The van der Waals surface area contributed by atoms with Crippen LogP contribution in [0.1, 0.15) is 11.1 Å². The first-order chi connectivity index (χ1) is 6.27. The summed E-state index contributed by atoms with van der Waals surface area (Å²) in [4.78, 5) is 0. The first-order valence-electron chi connectivity index (χ1n) is 4.48. The maximum Gasteiger partial charge on any atom is -0.0175 e. The summed E-state index contributed by atoms with van der Waals surface area (Å²) in [6.07, 6.45) is 8.11. The molecular formula is C13H12. The summed E-state index contributed by atoms with van der Waals surface area (Å²) in [5, 5.41) is 2.56. The molecule has 0 atom stereocenters. The highest BCUT2D eigenvalue weighted by atomic mass is 14.0. The van der Waals surface area contributed by atoms with Gasteiger partial charge in [-0.15, -0.1) is 5.73 Å². The van der Waals surface area contributed by atoms with Gasteiger partial charge in [0, 0.05) is 0 Å². The zero-order valence-electron chi connectivity index (χ0n) is 7.96. The minimum atomic E-state index is 1.28. The van der Waals surface area contributed by atoms with E-state index >= 15 is 0 Å². The highest BCUT2D eigenvalue weighted by Gasteiger charge is 1.92. The van der Waals surface area contributed by atoms with Crippen LogP contribution in [0.25, 0.3) is 12.2 Å². The Morgan fingerprint density at radius 2 is 1.31 bits per heavy atom. The maximum absolute atomic E-state index is 3.07. The fourth-order valence-corrected chi connectivity index (χ4v) is 1.48. The molecule has 2 rings (SSSR count). The van der Waals surface area contributed by atoms with Crippen LogP contribution in [0, 0.1) is 13.8 Å². The smallest absolute Gasteiger partial charge is 0.0175 e. The lowest BCUT2D eigenvalue weighted by molar-refractivity contribution is 1.30. The first kappa shape index (κ1) is 8.10. The van der Waals surface area contributed by atoms with Gasteiger partial charge in [0.25, 0.3) is 0 Å². The number of aryl methyl sites for hydroxylation is 2. The average Bonchev–Trinajstić information content (AvgIpc) is 2.31. The van der Waals surface area contributed by atoms with Gasteiger partial charge in [0.1, 0.15) is 0 Å². The van der Waals surface area contributed by atoms with E-state index in [1.54, 1.807) is 0 Å². The van der Waals surface area contributed by atoms with Gasteiger partial charge < -0.3 is 0 Å². The molecule has 0 unspecified atom stereocenters. The van der Waals surface area contributed by atoms with Crippen LogP contribution in [-0.4, -0.2) is 0 Å². The monoisotopic (exact) mass is 168 g/mol. The quantitative estimate of drug-likeness (QED) is 0.516. The zero-order valence-corrected chi connectivity index (χ0v) is 7.96. The number of rotatable bonds is 0. The lowest BCUT2D eigenvalue weighted by atomic mass is 10.1. The normalized spacial score (nSPS) is 12.8. The Morgan fingerprint density at radius 3 is 1.77 bits per heavy atom. The van der Waals surface area contributed by atoms with E-state index < -0.39 is 0 Å². The van der Waals surface area contributed by atoms with Crippen LogP contribution < -0.4 is 10.4 Å². The molecule has 13 heavy (non-hydrogen) atoms. The van der Waals surface area contributed by atoms with Crippen LogP contribution in [-0.2, 0) is 0 Å². The van der Waals surface area contributed by atoms with Gasteiger partial charge in [0.05, 0.1) is 0 Å². The molecule has 0 heteroatoms. The molecule has 1 aromatic carbocycles. The Kier molecular flexibility index (Phi) is 1.92. The maximum atomic E-state index is 3.07. The van der Waals surface area contributed by atoms with Crippen molar-refractivity contribution in [2.24, 2.45) is 0 Å². The van der Waals surface area contributed by atoms with Crippen molar-refractivity contribution >= 4 is 12.2 Å². The Balaban J connectivity index is 2.88. The molecule has 0 radical (unpaired) electrons. The van der Waals surface area contributed by atoms with Crippen molar-refractivity contribution in [2.45, 2.75) is 13.8 Å². The van der Waals surface area contributed by atoms with Gasteiger partial charge in [-0.3, -0.25) is 0 Å². The van der Waals surface area contributed by atoms with E-state index in [1.807, 2.05) is 12.2 Å². The number of hydrogen-bond acceptors (Lipinski definition) is 0. The van der Waals surface area contributed by atoms with Crippen molar-refractivity contribution in [3.8, 4) is 0 Å². The second kappa shape index (κ2) is 3.08. The topological polar surface area (TPSA) is 0 Å². The van der Waals surface area contributed by atoms with Crippen molar-refractivity contribution < 1.29 is 0 Å². The highest BCUT2D eigenvalue weighted by molar-refractivity contribution is 5.49. The average molecular weight is 168 g/mol. The summed E-state index contributed by atoms with van der Waals surface area (Å²) in [5.74, 6) is 0. The summed E-state index contributed by atoms with van der Waals surface area (Å²) in [7, 11) is 0. The lowest BCUT2D eigenvalue weighted by Crippen LogP contribution is -2.24. The van der Waals surface area contributed by atoms with Crippen LogP contribution in [0.2, 0.25) is 0 Å². The molecule has 1 aliphatic rings. The molecule has 1 aliphatic carbocycles. The second-order valence-corrected chi connectivity index (χ2v) is 3.40. The summed E-state index contributed by atoms with van der Waals surface area (Å²) in [6.45, 7) is 4.29. The molecule has 64 valence electrons.